The van der Waals surface area contributed by atoms with Gasteiger partial charge >= 0.3 is 0 Å². The summed E-state index contributed by atoms with van der Waals surface area (Å²) in [4.78, 5) is 22.8. The van der Waals surface area contributed by atoms with E-state index in [9.17, 15) is 9.59 Å². The molecule has 0 aromatic carbocycles. The van der Waals surface area contributed by atoms with Gasteiger partial charge in [-0.1, -0.05) is 32.6 Å². The largest absolute Gasteiger partial charge is 0.273 e. The molecule has 0 radical (unpaired) electrons. The van der Waals surface area contributed by atoms with Gasteiger partial charge in [0.2, 0.25) is 11.8 Å². The zero-order chi connectivity index (χ0) is 12.5. The Morgan fingerprint density at radius 1 is 1.06 bits per heavy atom. The molecule has 1 fully saturated rings. The monoisotopic (exact) mass is 240 g/mol. The van der Waals surface area contributed by atoms with Crippen molar-refractivity contribution in [2.24, 2.45) is 5.92 Å². The van der Waals surface area contributed by atoms with Crippen molar-refractivity contribution >= 4 is 11.8 Å². The predicted molar refractivity (Wildman–Crippen MR) is 67.0 cm³/mol. The predicted octanol–water partition coefficient (Wildman–Crippen LogP) is 2.29. The molecule has 0 spiro atoms. The topological polar surface area (TPSA) is 58.2 Å². The summed E-state index contributed by atoms with van der Waals surface area (Å²) in [5.74, 6) is 0.363. The number of carbonyl (C=O) groups is 2. The Kier molecular flexibility index (Phi) is 6.67. The van der Waals surface area contributed by atoms with Crippen LogP contribution in [0, 0.1) is 5.92 Å². The van der Waals surface area contributed by atoms with Crippen molar-refractivity contribution in [3.8, 4) is 0 Å². The van der Waals surface area contributed by atoms with Crippen LogP contribution >= 0.6 is 0 Å². The molecule has 0 aromatic rings. The summed E-state index contributed by atoms with van der Waals surface area (Å²) in [6.07, 6.45) is 8.96. The zero-order valence-corrected chi connectivity index (χ0v) is 10.8. The Hall–Kier alpha value is -1.06. The molecule has 1 aliphatic carbocycles. The summed E-state index contributed by atoms with van der Waals surface area (Å²) in [6, 6.07) is 0. The van der Waals surface area contributed by atoms with E-state index in [4.69, 9.17) is 0 Å². The Balaban J connectivity index is 2.09. The molecule has 4 nitrogen and oxygen atoms in total. The van der Waals surface area contributed by atoms with Crippen LogP contribution in [-0.2, 0) is 9.59 Å². The van der Waals surface area contributed by atoms with Gasteiger partial charge in [0.15, 0.2) is 0 Å². The summed E-state index contributed by atoms with van der Waals surface area (Å²) >= 11 is 0. The lowest BCUT2D eigenvalue weighted by atomic mass is 9.87. The minimum Gasteiger partial charge on any atom is -0.273 e. The fourth-order valence-electron chi connectivity index (χ4n) is 2.24. The van der Waals surface area contributed by atoms with Crippen molar-refractivity contribution < 1.29 is 9.59 Å². The first-order valence-electron chi connectivity index (χ1n) is 6.80. The van der Waals surface area contributed by atoms with Crippen LogP contribution in [0.4, 0.5) is 0 Å². The molecule has 0 aliphatic heterocycles. The van der Waals surface area contributed by atoms with E-state index < -0.39 is 0 Å². The van der Waals surface area contributed by atoms with Crippen LogP contribution < -0.4 is 10.9 Å². The summed E-state index contributed by atoms with van der Waals surface area (Å²) in [5.41, 5.74) is 4.97. The third-order valence-corrected chi connectivity index (χ3v) is 3.30. The molecule has 17 heavy (non-hydrogen) atoms. The SMILES string of the molecule is CCCCC(=O)NNC(=O)CC1CCCCC1. The van der Waals surface area contributed by atoms with E-state index in [0.717, 1.165) is 25.7 Å². The molecule has 1 rings (SSSR count). The standard InChI is InChI=1S/C13H24N2O2/c1-2-3-9-12(16)14-15-13(17)10-11-7-5-4-6-8-11/h11H,2-10H2,1H3,(H,14,16)(H,15,17). The van der Waals surface area contributed by atoms with Gasteiger partial charge in [-0.3, -0.25) is 20.4 Å². The molecular weight excluding hydrogens is 216 g/mol. The zero-order valence-electron chi connectivity index (χ0n) is 10.8. The molecule has 1 aliphatic rings. The van der Waals surface area contributed by atoms with Gasteiger partial charge in [-0.05, 0) is 25.2 Å². The molecule has 0 heterocycles. The molecule has 1 saturated carbocycles. The smallest absolute Gasteiger partial charge is 0.238 e. The Labute approximate surface area is 104 Å². The van der Waals surface area contributed by atoms with Crippen molar-refractivity contribution in [1.82, 2.24) is 10.9 Å². The van der Waals surface area contributed by atoms with Crippen molar-refractivity contribution in [3.05, 3.63) is 0 Å². The van der Waals surface area contributed by atoms with Crippen LogP contribution in [0.2, 0.25) is 0 Å². The Morgan fingerprint density at radius 3 is 2.35 bits per heavy atom. The third-order valence-electron chi connectivity index (χ3n) is 3.30. The minimum absolute atomic E-state index is 0.0539. The number of hydrazine groups is 1. The average Bonchev–Trinajstić information content (AvgIpc) is 2.35. The second-order valence-corrected chi connectivity index (χ2v) is 4.91. The fraction of sp³-hybridized carbons (Fsp3) is 0.846. The minimum atomic E-state index is -0.0937. The Morgan fingerprint density at radius 2 is 1.71 bits per heavy atom. The van der Waals surface area contributed by atoms with E-state index in [2.05, 4.69) is 10.9 Å². The van der Waals surface area contributed by atoms with Crippen molar-refractivity contribution in [2.75, 3.05) is 0 Å². The van der Waals surface area contributed by atoms with Crippen molar-refractivity contribution in [3.63, 3.8) is 0 Å². The van der Waals surface area contributed by atoms with E-state index in [0.29, 0.717) is 18.8 Å². The highest BCUT2D eigenvalue weighted by Crippen LogP contribution is 2.25. The van der Waals surface area contributed by atoms with Gasteiger partial charge in [-0.25, -0.2) is 0 Å². The number of carbonyl (C=O) groups excluding carboxylic acids is 2. The lowest BCUT2D eigenvalue weighted by Crippen LogP contribution is -2.42. The van der Waals surface area contributed by atoms with E-state index in [1.165, 1.54) is 19.3 Å². The second kappa shape index (κ2) is 8.09. The van der Waals surface area contributed by atoms with Gasteiger partial charge in [0, 0.05) is 12.8 Å². The third kappa shape index (κ3) is 6.29. The maximum Gasteiger partial charge on any atom is 0.238 e. The molecule has 0 bridgehead atoms. The summed E-state index contributed by atoms with van der Waals surface area (Å²) in [6.45, 7) is 2.04. The molecule has 2 N–H and O–H groups in total. The van der Waals surface area contributed by atoms with E-state index in [1.54, 1.807) is 0 Å². The van der Waals surface area contributed by atoms with E-state index >= 15 is 0 Å². The normalized spacial score (nSPS) is 16.5. The molecular formula is C13H24N2O2. The highest BCUT2D eigenvalue weighted by molar-refractivity contribution is 5.81. The highest BCUT2D eigenvalue weighted by atomic mass is 16.2. The van der Waals surface area contributed by atoms with Crippen LogP contribution in [-0.4, -0.2) is 11.8 Å². The van der Waals surface area contributed by atoms with Gasteiger partial charge in [0.25, 0.3) is 0 Å². The molecule has 4 heteroatoms. The van der Waals surface area contributed by atoms with Crippen LogP contribution in [0.3, 0.4) is 0 Å². The second-order valence-electron chi connectivity index (χ2n) is 4.91. The number of hydrogen-bond donors (Lipinski definition) is 2. The first kappa shape index (κ1) is 14.0. The number of nitrogens with one attached hydrogen (secondary N) is 2. The van der Waals surface area contributed by atoms with E-state index in [1.807, 2.05) is 6.92 Å². The average molecular weight is 240 g/mol. The number of amides is 2. The summed E-state index contributed by atoms with van der Waals surface area (Å²) in [5, 5.41) is 0. The molecule has 0 unspecified atom stereocenters. The van der Waals surface area contributed by atoms with Crippen LogP contribution in [0.1, 0.15) is 64.7 Å². The first-order valence-corrected chi connectivity index (χ1v) is 6.80. The van der Waals surface area contributed by atoms with Gasteiger partial charge in [-0.2, -0.15) is 0 Å². The molecule has 0 aromatic heterocycles. The molecule has 2 amide bonds. The maximum absolute atomic E-state index is 11.6. The van der Waals surface area contributed by atoms with Gasteiger partial charge in [0.1, 0.15) is 0 Å². The lowest BCUT2D eigenvalue weighted by molar-refractivity contribution is -0.129. The molecule has 98 valence electrons. The number of unbranched alkanes of at least 4 members (excludes halogenated alkanes) is 1. The Bertz CT molecular complexity index is 248. The summed E-state index contributed by atoms with van der Waals surface area (Å²) < 4.78 is 0. The first-order chi connectivity index (χ1) is 8.22. The van der Waals surface area contributed by atoms with E-state index in [-0.39, 0.29) is 11.8 Å². The van der Waals surface area contributed by atoms with Crippen LogP contribution in [0.15, 0.2) is 0 Å². The lowest BCUT2D eigenvalue weighted by Gasteiger charge is -2.20. The highest BCUT2D eigenvalue weighted by Gasteiger charge is 2.17. The number of rotatable bonds is 5. The molecule has 0 atom stereocenters. The number of hydrogen-bond acceptors (Lipinski definition) is 2. The van der Waals surface area contributed by atoms with Crippen molar-refractivity contribution in [1.29, 1.82) is 0 Å². The maximum atomic E-state index is 11.6. The van der Waals surface area contributed by atoms with Crippen molar-refractivity contribution in [2.45, 2.75) is 64.7 Å². The van der Waals surface area contributed by atoms with Crippen LogP contribution in [0.25, 0.3) is 0 Å². The summed E-state index contributed by atoms with van der Waals surface area (Å²) in [7, 11) is 0. The quantitative estimate of drug-likeness (QED) is 0.724. The fourth-order valence-corrected chi connectivity index (χ4v) is 2.24. The van der Waals surface area contributed by atoms with Crippen LogP contribution in [0.5, 0.6) is 0 Å². The van der Waals surface area contributed by atoms with Gasteiger partial charge < -0.3 is 0 Å². The molecule has 0 saturated heterocycles. The van der Waals surface area contributed by atoms with Gasteiger partial charge in [0.05, 0.1) is 0 Å². The van der Waals surface area contributed by atoms with Gasteiger partial charge in [-0.15, -0.1) is 0 Å².